The number of methoxy groups -OCH3 is 1. The number of halogens is 2. The maximum absolute atomic E-state index is 12.4. The first-order chi connectivity index (χ1) is 9.04. The van der Waals surface area contributed by atoms with Crippen LogP contribution in [-0.4, -0.2) is 31.0 Å². The van der Waals surface area contributed by atoms with Gasteiger partial charge in [-0.2, -0.15) is 0 Å². The lowest BCUT2D eigenvalue weighted by Crippen LogP contribution is -2.31. The first-order valence-corrected chi connectivity index (χ1v) is 7.13. The highest BCUT2D eigenvalue weighted by atomic mass is 35.5. The number of ether oxygens (including phenoxy) is 1. The van der Waals surface area contributed by atoms with Crippen LogP contribution in [0.4, 0.5) is 0 Å². The molecule has 0 saturated carbocycles. The minimum atomic E-state index is -0.0533. The van der Waals surface area contributed by atoms with Crippen LogP contribution < -0.4 is 4.74 Å². The van der Waals surface area contributed by atoms with E-state index in [1.165, 1.54) is 7.11 Å². The van der Waals surface area contributed by atoms with Gasteiger partial charge < -0.3 is 9.64 Å². The van der Waals surface area contributed by atoms with E-state index >= 15 is 0 Å². The Hall–Kier alpha value is -0.930. The molecule has 0 atom stereocenters. The van der Waals surface area contributed by atoms with Gasteiger partial charge in [-0.3, -0.25) is 4.79 Å². The van der Waals surface area contributed by atoms with Gasteiger partial charge in [0.25, 0.3) is 5.91 Å². The van der Waals surface area contributed by atoms with Crippen LogP contribution in [0.25, 0.3) is 0 Å². The van der Waals surface area contributed by atoms with Gasteiger partial charge in [-0.25, -0.2) is 0 Å². The number of rotatable bonds is 6. The third-order valence-electron chi connectivity index (χ3n) is 2.90. The lowest BCUT2D eigenvalue weighted by Gasteiger charge is -2.21. The largest absolute Gasteiger partial charge is 0.494 e. The number of hydrogen-bond donors (Lipinski definition) is 0. The predicted molar refractivity (Wildman–Crippen MR) is 79.5 cm³/mol. The third-order valence-corrected chi connectivity index (χ3v) is 3.46. The van der Waals surface area contributed by atoms with Gasteiger partial charge in [-0.05, 0) is 25.5 Å². The molecular formula is C14H19Cl2NO2. The summed E-state index contributed by atoms with van der Waals surface area (Å²) in [6.07, 6.45) is 2.03. The second-order valence-corrected chi connectivity index (χ2v) is 5.03. The number of unbranched alkanes of at least 4 members (excludes halogenated alkanes) is 1. The lowest BCUT2D eigenvalue weighted by molar-refractivity contribution is 0.0762. The molecule has 0 unspecified atom stereocenters. The first-order valence-electron chi connectivity index (χ1n) is 6.37. The molecule has 0 fully saturated rings. The van der Waals surface area contributed by atoms with Crippen molar-refractivity contribution in [2.45, 2.75) is 26.7 Å². The van der Waals surface area contributed by atoms with Crippen LogP contribution in [0.3, 0.4) is 0 Å². The van der Waals surface area contributed by atoms with Crippen molar-refractivity contribution >= 4 is 29.1 Å². The highest BCUT2D eigenvalue weighted by Gasteiger charge is 2.17. The Morgan fingerprint density at radius 2 is 1.84 bits per heavy atom. The summed E-state index contributed by atoms with van der Waals surface area (Å²) in [5.41, 5.74) is 0.494. The van der Waals surface area contributed by atoms with Crippen molar-refractivity contribution < 1.29 is 9.53 Å². The number of carbonyl (C=O) groups excluding carboxylic acids is 1. The van der Waals surface area contributed by atoms with Crippen LogP contribution in [0.5, 0.6) is 5.75 Å². The summed E-state index contributed by atoms with van der Waals surface area (Å²) in [6.45, 7) is 5.47. The third kappa shape index (κ3) is 4.02. The summed E-state index contributed by atoms with van der Waals surface area (Å²) < 4.78 is 5.07. The van der Waals surface area contributed by atoms with E-state index in [1.807, 2.05) is 6.92 Å². The molecule has 0 aliphatic rings. The summed E-state index contributed by atoms with van der Waals surface area (Å²) in [5.74, 6) is 0.346. The zero-order valence-electron chi connectivity index (χ0n) is 11.5. The van der Waals surface area contributed by atoms with Crippen LogP contribution in [-0.2, 0) is 0 Å². The van der Waals surface area contributed by atoms with Crippen molar-refractivity contribution in [1.29, 1.82) is 0 Å². The second-order valence-electron chi connectivity index (χ2n) is 4.21. The molecule has 1 aromatic carbocycles. The molecule has 5 heteroatoms. The van der Waals surface area contributed by atoms with E-state index in [0.717, 1.165) is 19.4 Å². The molecule has 0 aromatic heterocycles. The molecule has 1 rings (SSSR count). The van der Waals surface area contributed by atoms with E-state index in [0.29, 0.717) is 27.9 Å². The van der Waals surface area contributed by atoms with Crippen molar-refractivity contribution in [3.05, 3.63) is 27.7 Å². The Morgan fingerprint density at radius 3 is 2.26 bits per heavy atom. The quantitative estimate of drug-likeness (QED) is 0.785. The average Bonchev–Trinajstić information content (AvgIpc) is 2.39. The Labute approximate surface area is 124 Å². The molecule has 0 radical (unpaired) electrons. The Kier molecular flexibility index (Phi) is 6.46. The van der Waals surface area contributed by atoms with Crippen molar-refractivity contribution in [1.82, 2.24) is 4.90 Å². The number of amides is 1. The molecule has 0 spiro atoms. The summed E-state index contributed by atoms with van der Waals surface area (Å²) in [6, 6.07) is 3.20. The van der Waals surface area contributed by atoms with Crippen LogP contribution in [0, 0.1) is 0 Å². The van der Waals surface area contributed by atoms with E-state index in [9.17, 15) is 4.79 Å². The summed E-state index contributed by atoms with van der Waals surface area (Å²) in [5, 5.41) is 0.704. The van der Waals surface area contributed by atoms with Gasteiger partial charge >= 0.3 is 0 Å². The predicted octanol–water partition coefficient (Wildman–Crippen LogP) is 4.26. The fourth-order valence-electron chi connectivity index (χ4n) is 1.81. The van der Waals surface area contributed by atoms with Crippen molar-refractivity contribution in [3.8, 4) is 5.75 Å². The van der Waals surface area contributed by atoms with E-state index in [-0.39, 0.29) is 5.91 Å². The van der Waals surface area contributed by atoms with Gasteiger partial charge in [0.2, 0.25) is 0 Å². The van der Waals surface area contributed by atoms with Gasteiger partial charge in [0, 0.05) is 18.7 Å². The van der Waals surface area contributed by atoms with E-state index in [2.05, 4.69) is 6.92 Å². The van der Waals surface area contributed by atoms with Gasteiger partial charge in [0.1, 0.15) is 0 Å². The van der Waals surface area contributed by atoms with E-state index in [4.69, 9.17) is 27.9 Å². The SMILES string of the molecule is CCCCN(CC)C(=O)c1cc(Cl)c(OC)c(Cl)c1. The molecule has 0 heterocycles. The van der Waals surface area contributed by atoms with Gasteiger partial charge in [0.15, 0.2) is 5.75 Å². The Balaban J connectivity index is 2.98. The molecule has 0 N–H and O–H groups in total. The fourth-order valence-corrected chi connectivity index (χ4v) is 2.45. The summed E-state index contributed by atoms with van der Waals surface area (Å²) in [7, 11) is 1.49. The molecule has 106 valence electrons. The van der Waals surface area contributed by atoms with Crippen molar-refractivity contribution in [3.63, 3.8) is 0 Å². The number of carbonyl (C=O) groups is 1. The highest BCUT2D eigenvalue weighted by molar-refractivity contribution is 6.37. The minimum absolute atomic E-state index is 0.0533. The van der Waals surface area contributed by atoms with Crippen molar-refractivity contribution in [2.75, 3.05) is 20.2 Å². The maximum atomic E-state index is 12.4. The van der Waals surface area contributed by atoms with Gasteiger partial charge in [-0.15, -0.1) is 0 Å². The van der Waals surface area contributed by atoms with Crippen molar-refractivity contribution in [2.24, 2.45) is 0 Å². The highest BCUT2D eigenvalue weighted by Crippen LogP contribution is 2.34. The van der Waals surface area contributed by atoms with Gasteiger partial charge in [0.05, 0.1) is 17.2 Å². The molecule has 19 heavy (non-hydrogen) atoms. The smallest absolute Gasteiger partial charge is 0.253 e. The molecule has 0 aliphatic carbocycles. The molecule has 3 nitrogen and oxygen atoms in total. The number of benzene rings is 1. The van der Waals surface area contributed by atoms with E-state index in [1.54, 1.807) is 17.0 Å². The second kappa shape index (κ2) is 7.61. The zero-order valence-corrected chi connectivity index (χ0v) is 13.0. The monoisotopic (exact) mass is 303 g/mol. The topological polar surface area (TPSA) is 29.5 Å². The molecular weight excluding hydrogens is 285 g/mol. The Morgan fingerprint density at radius 1 is 1.26 bits per heavy atom. The average molecular weight is 304 g/mol. The molecule has 0 aliphatic heterocycles. The Bertz CT molecular complexity index is 426. The molecule has 1 amide bonds. The minimum Gasteiger partial charge on any atom is -0.494 e. The van der Waals surface area contributed by atoms with Crippen LogP contribution >= 0.6 is 23.2 Å². The van der Waals surface area contributed by atoms with Gasteiger partial charge in [-0.1, -0.05) is 36.5 Å². The first kappa shape index (κ1) is 16.1. The van der Waals surface area contributed by atoms with Crippen LogP contribution in [0.15, 0.2) is 12.1 Å². The molecule has 0 bridgehead atoms. The standard InChI is InChI=1S/C14H19Cl2NO2/c1-4-6-7-17(5-2)14(18)10-8-11(15)13(19-3)12(16)9-10/h8-9H,4-7H2,1-3H3. The summed E-state index contributed by atoms with van der Waals surface area (Å²) in [4.78, 5) is 14.1. The fraction of sp³-hybridized carbons (Fsp3) is 0.500. The summed E-state index contributed by atoms with van der Waals surface area (Å²) >= 11 is 12.1. The number of nitrogens with zero attached hydrogens (tertiary/aromatic N) is 1. The molecule has 0 saturated heterocycles. The van der Waals surface area contributed by atoms with Crippen LogP contribution in [0.1, 0.15) is 37.0 Å². The normalized spacial score (nSPS) is 10.4. The lowest BCUT2D eigenvalue weighted by atomic mass is 10.1. The van der Waals surface area contributed by atoms with Crippen LogP contribution in [0.2, 0.25) is 10.0 Å². The van der Waals surface area contributed by atoms with E-state index < -0.39 is 0 Å². The molecule has 1 aromatic rings. The maximum Gasteiger partial charge on any atom is 0.253 e. The number of hydrogen-bond acceptors (Lipinski definition) is 2. The zero-order chi connectivity index (χ0) is 14.4.